The predicted molar refractivity (Wildman–Crippen MR) is 213 cm³/mol. The first-order valence-electron chi connectivity index (χ1n) is 16.9. The van der Waals surface area contributed by atoms with Crippen LogP contribution in [0.25, 0.3) is 108 Å². The summed E-state index contributed by atoms with van der Waals surface area (Å²) in [4.78, 5) is 0. The van der Waals surface area contributed by atoms with E-state index in [1.54, 1.807) is 0 Å². The lowest BCUT2D eigenvalue weighted by Gasteiger charge is -2.25. The van der Waals surface area contributed by atoms with Crippen LogP contribution in [-0.4, -0.2) is 0 Å². The van der Waals surface area contributed by atoms with Crippen LogP contribution >= 0.6 is 11.3 Å². The van der Waals surface area contributed by atoms with E-state index in [1.807, 2.05) is 11.3 Å². The Morgan fingerprint density at radius 1 is 0.245 bits per heavy atom. The van der Waals surface area contributed by atoms with Gasteiger partial charge in [-0.2, -0.15) is 0 Å². The Bertz CT molecular complexity index is 2990. The van der Waals surface area contributed by atoms with Crippen LogP contribution in [0.2, 0.25) is 0 Å². The lowest BCUT2D eigenvalue weighted by Crippen LogP contribution is -1.98. The number of thiophene rings is 1. The van der Waals surface area contributed by atoms with E-state index in [-0.39, 0.29) is 0 Å². The molecule has 0 bridgehead atoms. The summed E-state index contributed by atoms with van der Waals surface area (Å²) in [7, 11) is 0. The summed E-state index contributed by atoms with van der Waals surface area (Å²) >= 11 is 1.90. The molecule has 226 valence electrons. The molecule has 0 aliphatic heterocycles. The number of rotatable bonds is 1. The molecule has 9 aromatic carbocycles. The van der Waals surface area contributed by atoms with Crippen LogP contribution in [-0.2, 0) is 0 Å². The lowest BCUT2D eigenvalue weighted by atomic mass is 9.78. The summed E-state index contributed by atoms with van der Waals surface area (Å²) in [6.07, 6.45) is 0. The molecule has 11 rings (SSSR count). The summed E-state index contributed by atoms with van der Waals surface area (Å²) in [5.41, 5.74) is 12.7. The van der Waals surface area contributed by atoms with Gasteiger partial charge in [0.15, 0.2) is 0 Å². The third-order valence-electron chi connectivity index (χ3n) is 10.6. The first-order chi connectivity index (χ1) is 24.3. The van der Waals surface area contributed by atoms with Crippen molar-refractivity contribution in [3.63, 3.8) is 0 Å². The average molecular weight is 637 g/mol. The average Bonchev–Trinajstić information content (AvgIpc) is 3.56. The molecule has 1 aromatic heterocycles. The molecule has 0 unspecified atom stereocenters. The van der Waals surface area contributed by atoms with Crippen LogP contribution in [0.15, 0.2) is 170 Å². The quantitative estimate of drug-likeness (QED) is 0.157. The van der Waals surface area contributed by atoms with E-state index in [9.17, 15) is 0 Å². The Labute approximate surface area is 288 Å². The SMILES string of the molecule is c1ccc2c(c1)-c1ccccc1-c1cc3c4ccccc4c4ccccc4c3cc1-c1ccc(-c3cccc4c3sc3ccccc34)cc1-2. The van der Waals surface area contributed by atoms with E-state index in [0.29, 0.717) is 0 Å². The Hall–Kier alpha value is -6.02. The van der Waals surface area contributed by atoms with Crippen molar-refractivity contribution >= 4 is 63.8 Å². The van der Waals surface area contributed by atoms with Crippen molar-refractivity contribution in [1.82, 2.24) is 0 Å². The van der Waals surface area contributed by atoms with Crippen molar-refractivity contribution in [3.8, 4) is 55.6 Å². The maximum Gasteiger partial charge on any atom is 0.0433 e. The zero-order chi connectivity index (χ0) is 32.1. The Balaban J connectivity index is 1.27. The first kappa shape index (κ1) is 27.0. The molecular formula is C48H28S. The summed E-state index contributed by atoms with van der Waals surface area (Å²) in [6.45, 7) is 0. The molecule has 0 radical (unpaired) electrons. The summed E-state index contributed by atoms with van der Waals surface area (Å²) < 4.78 is 2.68. The second kappa shape index (κ2) is 10.2. The highest BCUT2D eigenvalue weighted by molar-refractivity contribution is 7.26. The van der Waals surface area contributed by atoms with Crippen molar-refractivity contribution in [1.29, 1.82) is 0 Å². The minimum Gasteiger partial charge on any atom is -0.135 e. The van der Waals surface area contributed by atoms with Gasteiger partial charge in [-0.25, -0.2) is 0 Å². The number of hydrogen-bond acceptors (Lipinski definition) is 1. The highest BCUT2D eigenvalue weighted by atomic mass is 32.1. The third-order valence-corrected chi connectivity index (χ3v) is 11.9. The molecule has 0 fully saturated rings. The molecule has 0 saturated heterocycles. The summed E-state index contributed by atoms with van der Waals surface area (Å²) in [5.74, 6) is 0. The lowest BCUT2D eigenvalue weighted by molar-refractivity contribution is 1.53. The molecule has 0 amide bonds. The van der Waals surface area contributed by atoms with Gasteiger partial charge in [-0.3, -0.25) is 0 Å². The van der Waals surface area contributed by atoms with Crippen molar-refractivity contribution in [2.24, 2.45) is 0 Å². The molecular weight excluding hydrogens is 609 g/mol. The fourth-order valence-electron chi connectivity index (χ4n) is 8.45. The molecule has 49 heavy (non-hydrogen) atoms. The van der Waals surface area contributed by atoms with Crippen LogP contribution in [0.3, 0.4) is 0 Å². The van der Waals surface area contributed by atoms with E-state index in [2.05, 4.69) is 170 Å². The largest absolute Gasteiger partial charge is 0.135 e. The van der Waals surface area contributed by atoms with Crippen molar-refractivity contribution in [3.05, 3.63) is 170 Å². The minimum atomic E-state index is 1.25. The molecule has 10 aromatic rings. The van der Waals surface area contributed by atoms with Gasteiger partial charge >= 0.3 is 0 Å². The highest BCUT2D eigenvalue weighted by Gasteiger charge is 2.24. The van der Waals surface area contributed by atoms with Gasteiger partial charge in [0.1, 0.15) is 0 Å². The van der Waals surface area contributed by atoms with Crippen molar-refractivity contribution < 1.29 is 0 Å². The Morgan fingerprint density at radius 3 is 1.24 bits per heavy atom. The molecule has 0 N–H and O–H groups in total. The van der Waals surface area contributed by atoms with Crippen LogP contribution in [0.1, 0.15) is 0 Å². The third kappa shape index (κ3) is 3.85. The Morgan fingerprint density at radius 2 is 0.653 bits per heavy atom. The zero-order valence-electron chi connectivity index (χ0n) is 26.6. The van der Waals surface area contributed by atoms with Gasteiger partial charge in [0.05, 0.1) is 0 Å². The number of benzene rings is 9. The van der Waals surface area contributed by atoms with E-state index in [0.717, 1.165) is 0 Å². The molecule has 0 nitrogen and oxygen atoms in total. The number of hydrogen-bond donors (Lipinski definition) is 0. The van der Waals surface area contributed by atoms with Crippen molar-refractivity contribution in [2.45, 2.75) is 0 Å². The molecule has 1 heteroatoms. The van der Waals surface area contributed by atoms with Gasteiger partial charge in [0.25, 0.3) is 0 Å². The molecule has 1 aliphatic rings. The zero-order valence-corrected chi connectivity index (χ0v) is 27.4. The summed E-state index contributed by atoms with van der Waals surface area (Å²) in [5, 5.41) is 10.4. The maximum absolute atomic E-state index is 2.48. The molecule has 1 aliphatic carbocycles. The number of fused-ring (bicyclic) bond motifs is 17. The van der Waals surface area contributed by atoms with Gasteiger partial charge in [0.2, 0.25) is 0 Å². The monoisotopic (exact) mass is 636 g/mol. The van der Waals surface area contributed by atoms with Gasteiger partial charge < -0.3 is 0 Å². The maximum atomic E-state index is 2.48. The van der Waals surface area contributed by atoms with Crippen LogP contribution in [0.4, 0.5) is 0 Å². The summed E-state index contributed by atoms with van der Waals surface area (Å²) in [6, 6.07) is 63.4. The smallest absolute Gasteiger partial charge is 0.0433 e. The van der Waals surface area contributed by atoms with Gasteiger partial charge in [-0.05, 0) is 112 Å². The predicted octanol–water partition coefficient (Wildman–Crippen LogP) is 14.2. The van der Waals surface area contributed by atoms with Crippen LogP contribution < -0.4 is 0 Å². The van der Waals surface area contributed by atoms with E-state index < -0.39 is 0 Å². The van der Waals surface area contributed by atoms with Crippen LogP contribution in [0, 0.1) is 0 Å². The Kier molecular flexibility index (Phi) is 5.64. The second-order valence-electron chi connectivity index (χ2n) is 13.2. The molecule has 0 spiro atoms. The first-order valence-corrected chi connectivity index (χ1v) is 17.7. The van der Waals surface area contributed by atoms with E-state index >= 15 is 0 Å². The molecule has 1 heterocycles. The van der Waals surface area contributed by atoms with Crippen molar-refractivity contribution in [2.75, 3.05) is 0 Å². The fourth-order valence-corrected chi connectivity index (χ4v) is 9.68. The molecule has 0 saturated carbocycles. The van der Waals surface area contributed by atoms with Gasteiger partial charge in [-0.15, -0.1) is 11.3 Å². The minimum absolute atomic E-state index is 1.25. The molecule has 0 atom stereocenters. The topological polar surface area (TPSA) is 0 Å². The van der Waals surface area contributed by atoms with Gasteiger partial charge in [-0.1, -0.05) is 146 Å². The van der Waals surface area contributed by atoms with E-state index in [1.165, 1.54) is 108 Å². The van der Waals surface area contributed by atoms with Gasteiger partial charge in [0, 0.05) is 20.2 Å². The highest BCUT2D eigenvalue weighted by Crippen LogP contribution is 2.51. The van der Waals surface area contributed by atoms with E-state index in [4.69, 9.17) is 0 Å². The standard InChI is InChI=1S/C48H28S/c1-5-16-35-31(12-1)32-13-2-8-19-38(32)45-27-43-36-17-6-3-14-33(36)34-15-4-7-18-37(34)44(43)28-46(45)39-25-24-29(26-42(35)39)30-21-11-22-41-40-20-9-10-23-47(40)49-48(30)41/h1-28H. The second-order valence-corrected chi connectivity index (χ2v) is 14.2. The normalized spacial score (nSPS) is 12.1. The fraction of sp³-hybridized carbons (Fsp3) is 0. The van der Waals surface area contributed by atoms with Crippen LogP contribution in [0.5, 0.6) is 0 Å².